The molecule has 1 N–H and O–H groups in total. The maximum absolute atomic E-state index is 13.7. The van der Waals surface area contributed by atoms with Gasteiger partial charge in [-0.05, 0) is 31.9 Å². The van der Waals surface area contributed by atoms with Crippen LogP contribution in [0.3, 0.4) is 0 Å². The van der Waals surface area contributed by atoms with Crippen LogP contribution in [0.1, 0.15) is 42.6 Å². The fraction of sp³-hybridized carbons (Fsp3) is 0.462. The van der Waals surface area contributed by atoms with Gasteiger partial charge in [0.1, 0.15) is 5.82 Å². The highest BCUT2D eigenvalue weighted by Gasteiger charge is 2.21. The Morgan fingerprint density at radius 1 is 1.35 bits per heavy atom. The maximum atomic E-state index is 13.7. The van der Waals surface area contributed by atoms with Gasteiger partial charge in [-0.25, -0.2) is 12.8 Å². The van der Waals surface area contributed by atoms with Crippen molar-refractivity contribution in [3.8, 4) is 0 Å². The Morgan fingerprint density at radius 3 is 2.35 bits per heavy atom. The van der Waals surface area contributed by atoms with E-state index in [9.17, 15) is 17.6 Å². The first-order valence-corrected chi connectivity index (χ1v) is 8.57. The summed E-state index contributed by atoms with van der Waals surface area (Å²) < 4.78 is 36.5. The molecule has 7 heteroatoms. The van der Waals surface area contributed by atoms with Gasteiger partial charge in [-0.15, -0.1) is 0 Å². The first kappa shape index (κ1) is 16.9. The minimum atomic E-state index is -4.10. The molecule has 0 heterocycles. The first-order chi connectivity index (χ1) is 9.20. The van der Waals surface area contributed by atoms with Gasteiger partial charge in [0.05, 0.1) is 4.90 Å². The average Bonchev–Trinajstić information content (AvgIpc) is 2.37. The fourth-order valence-electron chi connectivity index (χ4n) is 1.80. The predicted octanol–water partition coefficient (Wildman–Crippen LogP) is 2.98. The predicted molar refractivity (Wildman–Crippen MR) is 76.0 cm³/mol. The van der Waals surface area contributed by atoms with E-state index in [1.807, 2.05) is 13.8 Å². The molecule has 0 fully saturated rings. The molecule has 1 amide bonds. The highest BCUT2D eigenvalue weighted by Crippen LogP contribution is 2.23. The van der Waals surface area contributed by atoms with Crippen molar-refractivity contribution in [2.45, 2.75) is 44.6 Å². The molecule has 0 saturated heterocycles. The standard InChI is InChI=1S/C13H17ClFNO3S/c1-4-10(5-2)16-13(17)9-6-11(15)8(3)12(7-9)20(14,18)19/h6-7,10H,4-5H2,1-3H3,(H,16,17). The quantitative estimate of drug-likeness (QED) is 0.848. The number of rotatable bonds is 5. The number of hydrogen-bond acceptors (Lipinski definition) is 3. The minimum Gasteiger partial charge on any atom is -0.349 e. The zero-order valence-electron chi connectivity index (χ0n) is 11.5. The van der Waals surface area contributed by atoms with Gasteiger partial charge in [-0.3, -0.25) is 4.79 Å². The van der Waals surface area contributed by atoms with Crippen LogP contribution in [0.25, 0.3) is 0 Å². The van der Waals surface area contributed by atoms with E-state index >= 15 is 0 Å². The summed E-state index contributed by atoms with van der Waals surface area (Å²) in [6.07, 6.45) is 1.47. The van der Waals surface area contributed by atoms with Crippen LogP contribution in [-0.2, 0) is 9.05 Å². The molecule has 1 rings (SSSR count). The zero-order chi connectivity index (χ0) is 15.5. The van der Waals surface area contributed by atoms with E-state index in [1.165, 1.54) is 6.92 Å². The van der Waals surface area contributed by atoms with Gasteiger partial charge < -0.3 is 5.32 Å². The van der Waals surface area contributed by atoms with E-state index in [-0.39, 0.29) is 22.1 Å². The number of nitrogens with one attached hydrogen (secondary N) is 1. The maximum Gasteiger partial charge on any atom is 0.261 e. The van der Waals surface area contributed by atoms with Gasteiger partial charge in [-0.1, -0.05) is 13.8 Å². The molecule has 0 aliphatic rings. The Hall–Kier alpha value is -1.14. The molecule has 0 aliphatic heterocycles. The number of carbonyl (C=O) groups is 1. The van der Waals surface area contributed by atoms with Crippen LogP contribution < -0.4 is 5.32 Å². The summed E-state index contributed by atoms with van der Waals surface area (Å²) in [6.45, 7) is 5.13. The molecule has 20 heavy (non-hydrogen) atoms. The third-order valence-corrected chi connectivity index (χ3v) is 4.59. The molecule has 4 nitrogen and oxygen atoms in total. The van der Waals surface area contributed by atoms with Crippen molar-refractivity contribution in [2.24, 2.45) is 0 Å². The lowest BCUT2D eigenvalue weighted by Gasteiger charge is -2.15. The average molecular weight is 322 g/mol. The van der Waals surface area contributed by atoms with E-state index in [1.54, 1.807) is 0 Å². The van der Waals surface area contributed by atoms with Crippen LogP contribution in [0, 0.1) is 12.7 Å². The second-order valence-corrected chi connectivity index (χ2v) is 7.04. The van der Waals surface area contributed by atoms with Crippen molar-refractivity contribution in [1.29, 1.82) is 0 Å². The largest absolute Gasteiger partial charge is 0.349 e. The lowest BCUT2D eigenvalue weighted by Crippen LogP contribution is -2.34. The Morgan fingerprint density at radius 2 is 1.90 bits per heavy atom. The van der Waals surface area contributed by atoms with Gasteiger partial charge in [0, 0.05) is 27.9 Å². The van der Waals surface area contributed by atoms with E-state index in [0.29, 0.717) is 0 Å². The Labute approximate surface area is 122 Å². The van der Waals surface area contributed by atoms with Crippen LogP contribution in [0.15, 0.2) is 17.0 Å². The van der Waals surface area contributed by atoms with Crippen molar-refractivity contribution in [3.05, 3.63) is 29.1 Å². The van der Waals surface area contributed by atoms with Crippen LogP contribution in [-0.4, -0.2) is 20.4 Å². The van der Waals surface area contributed by atoms with Crippen molar-refractivity contribution in [1.82, 2.24) is 5.32 Å². The Bertz CT molecular complexity index is 612. The second kappa shape index (κ2) is 6.54. The first-order valence-electron chi connectivity index (χ1n) is 6.26. The lowest BCUT2D eigenvalue weighted by atomic mass is 10.1. The molecule has 112 valence electrons. The Balaban J connectivity index is 3.21. The normalized spacial score (nSPS) is 11.7. The number of hydrogen-bond donors (Lipinski definition) is 1. The third-order valence-electron chi connectivity index (χ3n) is 3.14. The number of halogens is 2. The van der Waals surface area contributed by atoms with E-state index in [2.05, 4.69) is 5.32 Å². The smallest absolute Gasteiger partial charge is 0.261 e. The van der Waals surface area contributed by atoms with Gasteiger partial charge in [0.15, 0.2) is 0 Å². The summed E-state index contributed by atoms with van der Waals surface area (Å²) >= 11 is 0. The summed E-state index contributed by atoms with van der Waals surface area (Å²) in [4.78, 5) is 11.6. The topological polar surface area (TPSA) is 63.2 Å². The molecule has 0 radical (unpaired) electrons. The molecule has 0 bridgehead atoms. The van der Waals surface area contributed by atoms with Crippen LogP contribution in [0.2, 0.25) is 0 Å². The highest BCUT2D eigenvalue weighted by atomic mass is 35.7. The highest BCUT2D eigenvalue weighted by molar-refractivity contribution is 8.13. The molecular formula is C13H17ClFNO3S. The molecule has 0 unspecified atom stereocenters. The van der Waals surface area contributed by atoms with Crippen molar-refractivity contribution in [2.75, 3.05) is 0 Å². The molecule has 0 spiro atoms. The molecule has 0 saturated carbocycles. The number of benzene rings is 1. The summed E-state index contributed by atoms with van der Waals surface area (Å²) in [5, 5.41) is 2.71. The summed E-state index contributed by atoms with van der Waals surface area (Å²) in [5.74, 6) is -1.29. The lowest BCUT2D eigenvalue weighted by molar-refractivity contribution is 0.0934. The number of carbonyl (C=O) groups excluding carboxylic acids is 1. The monoisotopic (exact) mass is 321 g/mol. The fourth-order valence-corrected chi connectivity index (χ4v) is 3.01. The van der Waals surface area contributed by atoms with Gasteiger partial charge in [0.2, 0.25) is 0 Å². The molecule has 0 atom stereocenters. The second-order valence-electron chi connectivity index (χ2n) is 4.51. The van der Waals surface area contributed by atoms with Crippen molar-refractivity contribution in [3.63, 3.8) is 0 Å². The number of amides is 1. The van der Waals surface area contributed by atoms with E-state index in [4.69, 9.17) is 10.7 Å². The van der Waals surface area contributed by atoms with Crippen LogP contribution >= 0.6 is 10.7 Å². The molecule has 0 aromatic heterocycles. The van der Waals surface area contributed by atoms with Gasteiger partial charge >= 0.3 is 0 Å². The van der Waals surface area contributed by atoms with Gasteiger partial charge in [0.25, 0.3) is 15.0 Å². The van der Waals surface area contributed by atoms with Crippen LogP contribution in [0.5, 0.6) is 0 Å². The minimum absolute atomic E-state index is 0.0390. The van der Waals surface area contributed by atoms with Crippen molar-refractivity contribution < 1.29 is 17.6 Å². The van der Waals surface area contributed by atoms with E-state index in [0.717, 1.165) is 25.0 Å². The van der Waals surface area contributed by atoms with Crippen molar-refractivity contribution >= 4 is 25.6 Å². The third kappa shape index (κ3) is 3.93. The Kier molecular flexibility index (Phi) is 5.53. The zero-order valence-corrected chi connectivity index (χ0v) is 13.1. The molecule has 1 aromatic carbocycles. The SMILES string of the molecule is CCC(CC)NC(=O)c1cc(F)c(C)c(S(=O)(=O)Cl)c1. The summed E-state index contributed by atoms with van der Waals surface area (Å²) in [7, 11) is 1.15. The molecular weight excluding hydrogens is 305 g/mol. The van der Waals surface area contributed by atoms with Crippen LogP contribution in [0.4, 0.5) is 4.39 Å². The summed E-state index contributed by atoms with van der Waals surface area (Å²) in [6, 6.07) is 2.07. The summed E-state index contributed by atoms with van der Waals surface area (Å²) in [5.41, 5.74) is -0.154. The molecule has 1 aromatic rings. The molecule has 0 aliphatic carbocycles. The van der Waals surface area contributed by atoms with Gasteiger partial charge in [-0.2, -0.15) is 0 Å². The van der Waals surface area contributed by atoms with E-state index < -0.39 is 20.8 Å².